The molecule has 0 fully saturated rings. The van der Waals surface area contributed by atoms with Gasteiger partial charge in [0.15, 0.2) is 0 Å². The van der Waals surface area contributed by atoms with Crippen molar-refractivity contribution in [3.05, 3.63) is 35.9 Å². The van der Waals surface area contributed by atoms with Crippen molar-refractivity contribution < 1.29 is 29.6 Å². The van der Waals surface area contributed by atoms with Crippen LogP contribution in [0.25, 0.3) is 0 Å². The van der Waals surface area contributed by atoms with E-state index < -0.39 is 0 Å². The predicted molar refractivity (Wildman–Crippen MR) is 49.9 cm³/mol. The van der Waals surface area contributed by atoms with E-state index in [1.807, 2.05) is 36.3 Å². The molecule has 58 valence electrons. The number of rotatable bonds is 1. The van der Waals surface area contributed by atoms with Crippen LogP contribution >= 0.6 is 0 Å². The molecule has 4 heteroatoms. The van der Waals surface area contributed by atoms with Crippen LogP contribution in [0, 0.1) is 11.2 Å². The summed E-state index contributed by atoms with van der Waals surface area (Å²) in [6.07, 6.45) is 0. The van der Waals surface area contributed by atoms with Crippen LogP contribution in [0.3, 0.4) is 0 Å². The van der Waals surface area contributed by atoms with Crippen LogP contribution in [-0.4, -0.2) is 7.85 Å². The van der Waals surface area contributed by atoms with Crippen LogP contribution in [0.1, 0.15) is 5.56 Å². The van der Waals surface area contributed by atoms with Crippen molar-refractivity contribution in [3.8, 4) is 5.97 Å². The Labute approximate surface area is 96.5 Å². The van der Waals surface area contributed by atoms with Gasteiger partial charge in [0.2, 0.25) is 0 Å². The monoisotopic (exact) mass is 170 g/mol. The Balaban J connectivity index is 0. The van der Waals surface area contributed by atoms with Gasteiger partial charge in [-0.1, -0.05) is 30.3 Å². The van der Waals surface area contributed by atoms with Gasteiger partial charge >= 0.3 is 29.6 Å². The van der Waals surface area contributed by atoms with Crippen molar-refractivity contribution in [2.24, 2.45) is 5.73 Å². The third-order valence-corrected chi connectivity index (χ3v) is 1.08. The molecule has 1 aromatic rings. The van der Waals surface area contributed by atoms with Crippen LogP contribution in [0.4, 0.5) is 0 Å². The predicted octanol–water partition coefficient (Wildman–Crippen LogP) is -3.02. The van der Waals surface area contributed by atoms with Crippen LogP contribution in [-0.2, 0) is 6.54 Å². The van der Waals surface area contributed by atoms with E-state index in [4.69, 9.17) is 11.0 Å². The van der Waals surface area contributed by atoms with E-state index in [0.29, 0.717) is 6.54 Å². The average molecular weight is 170 g/mol. The molecular formula is C8H12BN2Na. The standard InChI is InChI=1S/C7H9N.CH3BN.Na/c8-6-7-4-2-1-3-5-7;2-1-3;/h1-5H,6,8H2;2H3;/q;-1;+1. The number of nitriles is 1. The summed E-state index contributed by atoms with van der Waals surface area (Å²) in [4.78, 5) is 0. The molecule has 0 aliphatic rings. The maximum absolute atomic E-state index is 7.43. The second kappa shape index (κ2) is 10.7. The molecule has 0 saturated heterocycles. The van der Waals surface area contributed by atoms with Crippen LogP contribution < -0.4 is 35.3 Å². The summed E-state index contributed by atoms with van der Waals surface area (Å²) in [5, 5.41) is 7.43. The average Bonchev–Trinajstić information content (AvgIpc) is 2.08. The maximum atomic E-state index is 7.43. The Bertz CT molecular complexity index is 220. The van der Waals surface area contributed by atoms with Crippen molar-refractivity contribution >= 4 is 7.85 Å². The minimum atomic E-state index is 0. The fraction of sp³-hybridized carbons (Fsp3) is 0.125. The Morgan fingerprint density at radius 3 is 2.00 bits per heavy atom. The molecule has 1 aromatic carbocycles. The summed E-state index contributed by atoms with van der Waals surface area (Å²) >= 11 is 0. The molecule has 0 unspecified atom stereocenters. The second-order valence-corrected chi connectivity index (χ2v) is 1.69. The number of nitrogens with two attached hydrogens (primary N) is 1. The first-order valence-electron chi connectivity index (χ1n) is 2.90. The topological polar surface area (TPSA) is 49.8 Å². The van der Waals surface area contributed by atoms with Gasteiger partial charge in [0.05, 0.1) is 7.85 Å². The molecule has 0 bridgehead atoms. The van der Waals surface area contributed by atoms with E-state index in [9.17, 15) is 0 Å². The molecule has 1 rings (SSSR count). The smallest absolute Gasteiger partial charge is 0.326 e. The fourth-order valence-electron chi connectivity index (χ4n) is 0.614. The van der Waals surface area contributed by atoms with E-state index >= 15 is 0 Å². The molecule has 2 nitrogen and oxygen atoms in total. The summed E-state index contributed by atoms with van der Waals surface area (Å²) in [5.41, 5.74) is 6.54. The molecule has 0 atom stereocenters. The Kier molecular flexibility index (Phi) is 12.8. The van der Waals surface area contributed by atoms with Gasteiger partial charge in [0, 0.05) is 6.54 Å². The molecule has 0 saturated carbocycles. The van der Waals surface area contributed by atoms with Crippen LogP contribution in [0.2, 0.25) is 0 Å². The van der Waals surface area contributed by atoms with Gasteiger partial charge in [-0.3, -0.25) is 5.26 Å². The first-order chi connectivity index (χ1) is 5.35. The van der Waals surface area contributed by atoms with Gasteiger partial charge in [-0.15, -0.1) is 0 Å². The molecule has 0 aliphatic heterocycles. The molecule has 0 aliphatic carbocycles. The normalized spacial score (nSPS) is 6.75. The zero-order chi connectivity index (χ0) is 8.53. The second-order valence-electron chi connectivity index (χ2n) is 1.69. The Morgan fingerprint density at radius 2 is 1.75 bits per heavy atom. The van der Waals surface area contributed by atoms with Crippen LogP contribution in [0.15, 0.2) is 30.3 Å². The third-order valence-electron chi connectivity index (χ3n) is 1.08. The van der Waals surface area contributed by atoms with Gasteiger partial charge in [0.1, 0.15) is 0 Å². The Morgan fingerprint density at radius 1 is 1.33 bits per heavy atom. The van der Waals surface area contributed by atoms with E-state index in [1.54, 1.807) is 0 Å². The molecule has 0 aromatic heterocycles. The van der Waals surface area contributed by atoms with Crippen molar-refractivity contribution in [1.82, 2.24) is 0 Å². The first kappa shape index (κ1) is 14.3. The SMILES string of the molecule is NCc1ccccc1.[BH3-]C#N.[Na+]. The van der Waals surface area contributed by atoms with Gasteiger partial charge in [-0.25, -0.2) is 0 Å². The van der Waals surface area contributed by atoms with Crippen LogP contribution in [0.5, 0.6) is 0 Å². The van der Waals surface area contributed by atoms with Crippen molar-refractivity contribution in [2.75, 3.05) is 0 Å². The molecule has 0 heterocycles. The molecule has 0 amide bonds. The quantitative estimate of drug-likeness (QED) is 0.456. The van der Waals surface area contributed by atoms with Gasteiger partial charge in [-0.05, 0) is 5.56 Å². The summed E-state index contributed by atoms with van der Waals surface area (Å²) in [5.74, 6) is 2.00. The molecule has 0 radical (unpaired) electrons. The number of hydrogen-bond donors (Lipinski definition) is 1. The molecule has 0 spiro atoms. The summed E-state index contributed by atoms with van der Waals surface area (Å²) in [7, 11) is 0.0694. The van der Waals surface area contributed by atoms with E-state index in [0.717, 1.165) is 0 Å². The Hall–Kier alpha value is -0.265. The number of benzene rings is 1. The molecule has 2 N–H and O–H groups in total. The van der Waals surface area contributed by atoms with E-state index in [1.165, 1.54) is 5.56 Å². The number of hydrogen-bond acceptors (Lipinski definition) is 2. The van der Waals surface area contributed by atoms with Gasteiger partial charge in [-0.2, -0.15) is 5.97 Å². The van der Waals surface area contributed by atoms with Crippen molar-refractivity contribution in [1.29, 1.82) is 5.26 Å². The fourth-order valence-corrected chi connectivity index (χ4v) is 0.614. The minimum absolute atomic E-state index is 0. The minimum Gasteiger partial charge on any atom is -0.326 e. The summed E-state index contributed by atoms with van der Waals surface area (Å²) < 4.78 is 0. The third kappa shape index (κ3) is 7.84. The molecular weight excluding hydrogens is 158 g/mol. The van der Waals surface area contributed by atoms with Crippen molar-refractivity contribution in [3.63, 3.8) is 0 Å². The molecule has 12 heavy (non-hydrogen) atoms. The summed E-state index contributed by atoms with van der Waals surface area (Å²) in [6, 6.07) is 9.99. The van der Waals surface area contributed by atoms with E-state index in [2.05, 4.69) is 0 Å². The summed E-state index contributed by atoms with van der Waals surface area (Å²) in [6.45, 7) is 0.640. The zero-order valence-corrected chi connectivity index (χ0v) is 8.62. The van der Waals surface area contributed by atoms with Crippen molar-refractivity contribution in [2.45, 2.75) is 6.54 Å². The zero-order valence-electron chi connectivity index (χ0n) is 6.62. The number of nitrogens with zero attached hydrogens (tertiary/aromatic N) is 1. The largest absolute Gasteiger partial charge is 1.00 e. The van der Waals surface area contributed by atoms with E-state index in [-0.39, 0.29) is 37.4 Å². The van der Waals surface area contributed by atoms with Gasteiger partial charge in [0.25, 0.3) is 0 Å². The first-order valence-corrected chi connectivity index (χ1v) is 2.90. The van der Waals surface area contributed by atoms with Gasteiger partial charge < -0.3 is 5.73 Å². The maximum Gasteiger partial charge on any atom is 1.00 e.